The summed E-state index contributed by atoms with van der Waals surface area (Å²) in [4.78, 5) is 29.9. The van der Waals surface area contributed by atoms with Crippen molar-refractivity contribution in [2.24, 2.45) is 0 Å². The van der Waals surface area contributed by atoms with Crippen LogP contribution in [0.25, 0.3) is 10.9 Å². The molecular formula is C21H21N3O2S. The van der Waals surface area contributed by atoms with E-state index < -0.39 is 5.25 Å². The topological polar surface area (TPSA) is 64.0 Å². The van der Waals surface area contributed by atoms with E-state index in [0.29, 0.717) is 22.6 Å². The van der Waals surface area contributed by atoms with Crippen LogP contribution in [0.1, 0.15) is 12.5 Å². The number of allylic oxidation sites excluding steroid dienone is 1. The normalized spacial score (nSPS) is 11.9. The Morgan fingerprint density at radius 3 is 2.67 bits per heavy atom. The molecule has 1 amide bonds. The smallest absolute Gasteiger partial charge is 0.262 e. The molecule has 5 nitrogen and oxygen atoms in total. The van der Waals surface area contributed by atoms with Crippen molar-refractivity contribution in [3.05, 3.63) is 77.1 Å². The van der Waals surface area contributed by atoms with Gasteiger partial charge < -0.3 is 5.32 Å². The number of aryl methyl sites for hydroxylation is 1. The van der Waals surface area contributed by atoms with Gasteiger partial charge in [-0.15, -0.1) is 6.58 Å². The Balaban J connectivity index is 1.87. The Morgan fingerprint density at radius 2 is 1.96 bits per heavy atom. The van der Waals surface area contributed by atoms with Crippen molar-refractivity contribution in [3.63, 3.8) is 0 Å². The molecule has 0 aliphatic heterocycles. The number of anilines is 1. The number of hydrogen-bond acceptors (Lipinski definition) is 4. The zero-order valence-corrected chi connectivity index (χ0v) is 16.1. The molecule has 1 heterocycles. The van der Waals surface area contributed by atoms with Gasteiger partial charge in [0.05, 0.1) is 16.2 Å². The molecule has 27 heavy (non-hydrogen) atoms. The summed E-state index contributed by atoms with van der Waals surface area (Å²) in [7, 11) is 0. The van der Waals surface area contributed by atoms with E-state index in [0.717, 1.165) is 11.3 Å². The van der Waals surface area contributed by atoms with Crippen LogP contribution in [-0.2, 0) is 11.3 Å². The highest BCUT2D eigenvalue weighted by Crippen LogP contribution is 2.23. The first kappa shape index (κ1) is 18.9. The predicted octanol–water partition coefficient (Wildman–Crippen LogP) is 4.01. The maximum Gasteiger partial charge on any atom is 0.262 e. The fraction of sp³-hybridized carbons (Fsp3) is 0.190. The van der Waals surface area contributed by atoms with Gasteiger partial charge in [0.2, 0.25) is 5.91 Å². The van der Waals surface area contributed by atoms with E-state index in [1.54, 1.807) is 29.7 Å². The van der Waals surface area contributed by atoms with E-state index in [9.17, 15) is 9.59 Å². The van der Waals surface area contributed by atoms with Gasteiger partial charge in [-0.3, -0.25) is 14.2 Å². The van der Waals surface area contributed by atoms with Gasteiger partial charge in [-0.05, 0) is 38.1 Å². The number of para-hydroxylation sites is 1. The van der Waals surface area contributed by atoms with Crippen LogP contribution < -0.4 is 10.9 Å². The molecule has 0 aliphatic carbocycles. The predicted molar refractivity (Wildman–Crippen MR) is 111 cm³/mol. The number of fused-ring (bicyclic) bond motifs is 1. The lowest BCUT2D eigenvalue weighted by atomic mass is 10.2. The second-order valence-electron chi connectivity index (χ2n) is 6.23. The fourth-order valence-corrected chi connectivity index (χ4v) is 3.54. The summed E-state index contributed by atoms with van der Waals surface area (Å²) in [5.74, 6) is -0.142. The Kier molecular flexibility index (Phi) is 5.76. The molecule has 0 bridgehead atoms. The van der Waals surface area contributed by atoms with E-state index >= 15 is 0 Å². The average Bonchev–Trinajstić information content (AvgIpc) is 2.66. The highest BCUT2D eigenvalue weighted by molar-refractivity contribution is 8.00. The zero-order valence-electron chi connectivity index (χ0n) is 15.3. The van der Waals surface area contributed by atoms with Crippen LogP contribution >= 0.6 is 11.8 Å². The van der Waals surface area contributed by atoms with Crippen LogP contribution in [0, 0.1) is 6.92 Å². The van der Waals surface area contributed by atoms with Crippen LogP contribution in [0.15, 0.2) is 71.1 Å². The maximum atomic E-state index is 12.8. The average molecular weight is 379 g/mol. The summed E-state index contributed by atoms with van der Waals surface area (Å²) < 4.78 is 1.55. The molecule has 1 aromatic heterocycles. The summed E-state index contributed by atoms with van der Waals surface area (Å²) in [6, 6.07) is 14.8. The zero-order chi connectivity index (χ0) is 19.4. The summed E-state index contributed by atoms with van der Waals surface area (Å²) in [6.45, 7) is 7.85. The molecule has 0 saturated heterocycles. The van der Waals surface area contributed by atoms with Crippen molar-refractivity contribution in [2.75, 3.05) is 5.32 Å². The Labute approximate surface area is 162 Å². The quantitative estimate of drug-likeness (QED) is 0.399. The van der Waals surface area contributed by atoms with Crippen molar-refractivity contribution in [3.8, 4) is 0 Å². The third-order valence-electron chi connectivity index (χ3n) is 4.11. The summed E-state index contributed by atoms with van der Waals surface area (Å²) in [5, 5.41) is 3.54. The first-order valence-electron chi connectivity index (χ1n) is 8.64. The van der Waals surface area contributed by atoms with Gasteiger partial charge in [-0.1, -0.05) is 47.7 Å². The Morgan fingerprint density at radius 1 is 1.26 bits per heavy atom. The highest BCUT2D eigenvalue weighted by atomic mass is 32.2. The molecule has 1 N–H and O–H groups in total. The van der Waals surface area contributed by atoms with Crippen LogP contribution in [0.5, 0.6) is 0 Å². The molecule has 3 aromatic rings. The van der Waals surface area contributed by atoms with Gasteiger partial charge in [0.25, 0.3) is 5.56 Å². The minimum absolute atomic E-state index is 0.130. The van der Waals surface area contributed by atoms with Crippen molar-refractivity contribution >= 4 is 34.3 Å². The van der Waals surface area contributed by atoms with Gasteiger partial charge in [0, 0.05) is 12.2 Å². The maximum absolute atomic E-state index is 12.8. The SMILES string of the molecule is C=CCn1c(S[C@@H](C)C(=O)Nc2ccc(C)cc2)nc2ccccc2c1=O. The van der Waals surface area contributed by atoms with E-state index in [4.69, 9.17) is 0 Å². The largest absolute Gasteiger partial charge is 0.325 e. The molecule has 0 aliphatic rings. The molecule has 138 valence electrons. The second-order valence-corrected chi connectivity index (χ2v) is 7.54. The van der Waals surface area contributed by atoms with Gasteiger partial charge in [-0.25, -0.2) is 4.98 Å². The summed E-state index contributed by atoms with van der Waals surface area (Å²) in [5.41, 5.74) is 2.36. The Hall–Kier alpha value is -2.86. The van der Waals surface area contributed by atoms with E-state index in [-0.39, 0.29) is 11.5 Å². The molecule has 6 heteroatoms. The monoisotopic (exact) mass is 379 g/mol. The lowest BCUT2D eigenvalue weighted by Crippen LogP contribution is -2.26. The molecule has 0 saturated carbocycles. The van der Waals surface area contributed by atoms with Crippen molar-refractivity contribution < 1.29 is 4.79 Å². The van der Waals surface area contributed by atoms with Crippen molar-refractivity contribution in [1.29, 1.82) is 0 Å². The number of nitrogens with zero attached hydrogens (tertiary/aromatic N) is 2. The van der Waals surface area contributed by atoms with Gasteiger partial charge >= 0.3 is 0 Å². The number of nitrogens with one attached hydrogen (secondary N) is 1. The standard InChI is InChI=1S/C21H21N3O2S/c1-4-13-24-20(26)17-7-5-6-8-18(17)23-21(24)27-15(3)19(25)22-16-11-9-14(2)10-12-16/h4-12,15H,1,13H2,2-3H3,(H,22,25)/t15-/m0/s1. The summed E-state index contributed by atoms with van der Waals surface area (Å²) >= 11 is 1.26. The van der Waals surface area contributed by atoms with Gasteiger partial charge in [0.1, 0.15) is 0 Å². The highest BCUT2D eigenvalue weighted by Gasteiger charge is 2.19. The van der Waals surface area contributed by atoms with E-state index in [2.05, 4.69) is 16.9 Å². The molecule has 0 fully saturated rings. The molecule has 1 atom stereocenters. The second kappa shape index (κ2) is 8.22. The lowest BCUT2D eigenvalue weighted by Gasteiger charge is -2.15. The van der Waals surface area contributed by atoms with Crippen LogP contribution in [0.3, 0.4) is 0 Å². The van der Waals surface area contributed by atoms with E-state index in [1.165, 1.54) is 11.8 Å². The van der Waals surface area contributed by atoms with Crippen LogP contribution in [0.2, 0.25) is 0 Å². The third kappa shape index (κ3) is 4.28. The molecule has 0 radical (unpaired) electrons. The number of hydrogen-bond donors (Lipinski definition) is 1. The number of carbonyl (C=O) groups excluding carboxylic acids is 1. The molecule has 0 unspecified atom stereocenters. The number of carbonyl (C=O) groups is 1. The van der Waals surface area contributed by atoms with Gasteiger partial charge in [0.15, 0.2) is 5.16 Å². The van der Waals surface area contributed by atoms with Crippen molar-refractivity contribution in [1.82, 2.24) is 9.55 Å². The molecule has 3 rings (SSSR count). The molecular weight excluding hydrogens is 358 g/mol. The number of amides is 1. The number of rotatable bonds is 6. The minimum Gasteiger partial charge on any atom is -0.325 e. The van der Waals surface area contributed by atoms with Crippen molar-refractivity contribution in [2.45, 2.75) is 30.8 Å². The molecule has 2 aromatic carbocycles. The third-order valence-corrected chi connectivity index (χ3v) is 5.20. The number of thioether (sulfide) groups is 1. The summed E-state index contributed by atoms with van der Waals surface area (Å²) in [6.07, 6.45) is 1.65. The first-order valence-corrected chi connectivity index (χ1v) is 9.52. The van der Waals surface area contributed by atoms with Gasteiger partial charge in [-0.2, -0.15) is 0 Å². The fourth-order valence-electron chi connectivity index (χ4n) is 2.62. The number of aromatic nitrogens is 2. The minimum atomic E-state index is -0.421. The van der Waals surface area contributed by atoms with Crippen LogP contribution in [-0.4, -0.2) is 20.7 Å². The Bertz CT molecular complexity index is 1040. The molecule has 0 spiro atoms. The van der Waals surface area contributed by atoms with E-state index in [1.807, 2.05) is 43.3 Å². The first-order chi connectivity index (χ1) is 13.0. The number of benzene rings is 2. The lowest BCUT2D eigenvalue weighted by molar-refractivity contribution is -0.115. The van der Waals surface area contributed by atoms with Crippen LogP contribution in [0.4, 0.5) is 5.69 Å².